The highest BCUT2D eigenvalue weighted by atomic mass is 16.5. The van der Waals surface area contributed by atoms with Crippen LogP contribution in [0.1, 0.15) is 62.8 Å². The molecule has 0 amide bonds. The first kappa shape index (κ1) is 28.3. The molecule has 2 aromatic rings. The van der Waals surface area contributed by atoms with Crippen LogP contribution in [0, 0.1) is 0 Å². The minimum atomic E-state index is -0.00694. The van der Waals surface area contributed by atoms with Gasteiger partial charge in [-0.1, -0.05) is 13.3 Å². The molecule has 3 N–H and O–H groups in total. The molecule has 1 aliphatic heterocycles. The van der Waals surface area contributed by atoms with E-state index in [1.165, 1.54) is 25.4 Å². The fraction of sp³-hybridized carbons (Fsp3) is 0.571. The summed E-state index contributed by atoms with van der Waals surface area (Å²) in [5.41, 5.74) is 0. The van der Waals surface area contributed by atoms with Gasteiger partial charge in [0.05, 0.1) is 18.6 Å². The minimum Gasteiger partial charge on any atom is -0.467 e. The molecule has 1 saturated heterocycles. The number of ether oxygens (including phenoxy) is 1. The second-order valence-corrected chi connectivity index (χ2v) is 5.59. The van der Waals surface area contributed by atoms with Crippen LogP contribution in [-0.4, -0.2) is 47.5 Å². The third kappa shape index (κ3) is 20.4. The second-order valence-electron chi connectivity index (χ2n) is 5.59. The van der Waals surface area contributed by atoms with Gasteiger partial charge in [0, 0.05) is 19.8 Å². The van der Waals surface area contributed by atoms with E-state index in [1.807, 2.05) is 0 Å². The van der Waals surface area contributed by atoms with Gasteiger partial charge in [-0.3, -0.25) is 4.79 Å². The Balaban J connectivity index is 0. The molecule has 3 heterocycles. The lowest BCUT2D eigenvalue weighted by atomic mass is 10.3. The number of furan rings is 2. The molecular weight excluding hydrogens is 364 g/mol. The molecule has 1 fully saturated rings. The van der Waals surface area contributed by atoms with Gasteiger partial charge in [-0.05, 0) is 57.4 Å². The summed E-state index contributed by atoms with van der Waals surface area (Å²) in [5.74, 6) is 0.986. The van der Waals surface area contributed by atoms with E-state index < -0.39 is 0 Å². The average molecular weight is 401 g/mol. The number of carbonyl (C=O) groups is 1. The van der Waals surface area contributed by atoms with Gasteiger partial charge in [0.15, 0.2) is 12.0 Å². The number of aliphatic hydroxyl groups is 3. The Hall–Kier alpha value is -1.93. The van der Waals surface area contributed by atoms with Crippen molar-refractivity contribution in [2.45, 2.75) is 59.2 Å². The molecule has 0 bridgehead atoms. The van der Waals surface area contributed by atoms with Gasteiger partial charge in [0.2, 0.25) is 0 Å². The molecule has 28 heavy (non-hydrogen) atoms. The summed E-state index contributed by atoms with van der Waals surface area (Å²) in [6.07, 6.45) is 8.78. The Labute approximate surface area is 167 Å². The molecule has 7 heteroatoms. The van der Waals surface area contributed by atoms with Gasteiger partial charge in [-0.15, -0.1) is 0 Å². The Kier molecular flexibility index (Phi) is 23.3. The van der Waals surface area contributed by atoms with Gasteiger partial charge in [-0.2, -0.15) is 0 Å². The molecule has 1 unspecified atom stereocenters. The zero-order valence-electron chi connectivity index (χ0n) is 17.3. The lowest BCUT2D eigenvalue weighted by Crippen LogP contribution is -1.94. The van der Waals surface area contributed by atoms with Crippen LogP contribution in [0.5, 0.6) is 0 Å². The van der Waals surface area contributed by atoms with Gasteiger partial charge in [0.1, 0.15) is 12.4 Å². The zero-order valence-corrected chi connectivity index (χ0v) is 17.3. The molecule has 0 saturated carbocycles. The van der Waals surface area contributed by atoms with Crippen molar-refractivity contribution in [3.63, 3.8) is 0 Å². The van der Waals surface area contributed by atoms with E-state index >= 15 is 0 Å². The molecule has 2 aromatic heterocycles. The summed E-state index contributed by atoms with van der Waals surface area (Å²) in [6, 6.07) is 6.74. The Morgan fingerprint density at radius 2 is 1.75 bits per heavy atom. The maximum atomic E-state index is 9.77. The van der Waals surface area contributed by atoms with Crippen molar-refractivity contribution in [1.82, 2.24) is 0 Å². The molecule has 7 nitrogen and oxygen atoms in total. The van der Waals surface area contributed by atoms with E-state index in [-0.39, 0.29) is 13.2 Å². The topological polar surface area (TPSA) is 113 Å². The number of hydrogen-bond acceptors (Lipinski definition) is 7. The van der Waals surface area contributed by atoms with Gasteiger partial charge < -0.3 is 28.9 Å². The number of aliphatic hydroxyl groups excluding tert-OH is 3. The molecule has 162 valence electrons. The molecule has 1 aliphatic rings. The molecule has 1 atom stereocenters. The minimum absolute atomic E-state index is 0.00694. The largest absolute Gasteiger partial charge is 0.467 e. The number of aldehydes is 1. The SMILES string of the molecule is CC1CCCO1.CCCCO.CCO.O=Cc1ccco1.OCc1ccco1. The maximum absolute atomic E-state index is 9.77. The smallest absolute Gasteiger partial charge is 0.185 e. The Morgan fingerprint density at radius 1 is 1.11 bits per heavy atom. The molecule has 0 spiro atoms. The molecule has 0 aromatic carbocycles. The number of rotatable bonds is 4. The summed E-state index contributed by atoms with van der Waals surface area (Å²) in [5, 5.41) is 24.0. The standard InChI is InChI=1S/C5H6O2.C5H4O2.C5H10O.C4H10O.C2H6O/c2*6-4-5-2-1-3-7-5;1-5-3-2-4-6-5;1-2-3-4-5;1-2-3/h1-3,6H,4H2;1-4H;5H,2-4H2,1H3;5H,2-4H2,1H3;3H,2H2,1H3. The highest BCUT2D eigenvalue weighted by molar-refractivity contribution is 5.69. The first-order valence-corrected chi connectivity index (χ1v) is 9.54. The van der Waals surface area contributed by atoms with E-state index in [2.05, 4.69) is 18.3 Å². The fourth-order valence-corrected chi connectivity index (χ4v) is 1.66. The van der Waals surface area contributed by atoms with Crippen LogP contribution >= 0.6 is 0 Å². The van der Waals surface area contributed by atoms with Crippen LogP contribution in [0.2, 0.25) is 0 Å². The van der Waals surface area contributed by atoms with Crippen LogP contribution in [0.25, 0.3) is 0 Å². The van der Waals surface area contributed by atoms with E-state index in [4.69, 9.17) is 24.5 Å². The van der Waals surface area contributed by atoms with Crippen LogP contribution < -0.4 is 0 Å². The van der Waals surface area contributed by atoms with E-state index in [9.17, 15) is 4.79 Å². The lowest BCUT2D eigenvalue weighted by Gasteiger charge is -1.94. The average Bonchev–Trinajstić information content (AvgIpc) is 3.48. The first-order chi connectivity index (χ1) is 13.6. The van der Waals surface area contributed by atoms with Crippen molar-refractivity contribution in [3.05, 3.63) is 48.3 Å². The van der Waals surface area contributed by atoms with Crippen LogP contribution in [-0.2, 0) is 11.3 Å². The zero-order chi connectivity index (χ0) is 21.5. The highest BCUT2D eigenvalue weighted by Gasteiger charge is 2.07. The predicted octanol–water partition coefficient (Wildman–Crippen LogP) is 3.83. The van der Waals surface area contributed by atoms with Gasteiger partial charge in [0.25, 0.3) is 0 Å². The number of carbonyl (C=O) groups excluding carboxylic acids is 1. The Bertz CT molecular complexity index is 487. The third-order valence-electron chi connectivity index (χ3n) is 3.06. The first-order valence-electron chi connectivity index (χ1n) is 9.54. The molecular formula is C21H36O7. The number of hydrogen-bond donors (Lipinski definition) is 3. The van der Waals surface area contributed by atoms with E-state index in [0.717, 1.165) is 19.4 Å². The van der Waals surface area contributed by atoms with Crippen molar-refractivity contribution in [1.29, 1.82) is 0 Å². The monoisotopic (exact) mass is 400 g/mol. The molecule has 3 rings (SSSR count). The van der Waals surface area contributed by atoms with E-state index in [0.29, 0.717) is 30.5 Å². The van der Waals surface area contributed by atoms with E-state index in [1.54, 1.807) is 31.2 Å². The second kappa shape index (κ2) is 23.1. The Morgan fingerprint density at radius 3 is 1.93 bits per heavy atom. The van der Waals surface area contributed by atoms with Crippen LogP contribution in [0.4, 0.5) is 0 Å². The third-order valence-corrected chi connectivity index (χ3v) is 3.06. The van der Waals surface area contributed by atoms with Crippen LogP contribution in [0.3, 0.4) is 0 Å². The predicted molar refractivity (Wildman–Crippen MR) is 108 cm³/mol. The van der Waals surface area contributed by atoms with Crippen molar-refractivity contribution in [3.8, 4) is 0 Å². The summed E-state index contributed by atoms with van der Waals surface area (Å²) in [7, 11) is 0. The summed E-state index contributed by atoms with van der Waals surface area (Å²) >= 11 is 0. The number of unbranched alkanes of at least 4 members (excludes halogenated alkanes) is 1. The highest BCUT2D eigenvalue weighted by Crippen LogP contribution is 2.09. The molecule has 0 aliphatic carbocycles. The van der Waals surface area contributed by atoms with Crippen LogP contribution in [0.15, 0.2) is 45.6 Å². The summed E-state index contributed by atoms with van der Waals surface area (Å²) < 4.78 is 14.5. The van der Waals surface area contributed by atoms with Gasteiger partial charge >= 0.3 is 0 Å². The van der Waals surface area contributed by atoms with Crippen molar-refractivity contribution < 1.29 is 33.7 Å². The van der Waals surface area contributed by atoms with Gasteiger partial charge in [-0.25, -0.2) is 0 Å². The lowest BCUT2D eigenvalue weighted by molar-refractivity contribution is 0.110. The van der Waals surface area contributed by atoms with Crippen molar-refractivity contribution in [2.24, 2.45) is 0 Å². The van der Waals surface area contributed by atoms with Crippen molar-refractivity contribution in [2.75, 3.05) is 19.8 Å². The fourth-order valence-electron chi connectivity index (χ4n) is 1.66. The quantitative estimate of drug-likeness (QED) is 0.668. The normalized spacial score (nSPS) is 14.0. The summed E-state index contributed by atoms with van der Waals surface area (Å²) in [6.45, 7) is 7.42. The molecule has 0 radical (unpaired) electrons. The maximum Gasteiger partial charge on any atom is 0.185 e. The summed E-state index contributed by atoms with van der Waals surface area (Å²) in [4.78, 5) is 9.77. The van der Waals surface area contributed by atoms with Crippen molar-refractivity contribution >= 4 is 6.29 Å².